The number of anilines is 2. The number of rotatable bonds is 4. The predicted molar refractivity (Wildman–Crippen MR) is 110 cm³/mol. The maximum absolute atomic E-state index is 12.6. The molecule has 1 aliphatic carbocycles. The third-order valence-electron chi connectivity index (χ3n) is 4.91. The Morgan fingerprint density at radius 1 is 0.963 bits per heavy atom. The smallest absolute Gasteiger partial charge is 0.228 e. The molecule has 1 aliphatic rings. The summed E-state index contributed by atoms with van der Waals surface area (Å²) in [7, 11) is 0. The van der Waals surface area contributed by atoms with Gasteiger partial charge in [0.2, 0.25) is 11.8 Å². The first kappa shape index (κ1) is 19.4. The summed E-state index contributed by atoms with van der Waals surface area (Å²) in [5.41, 5.74) is 3.44. The molecule has 0 heterocycles. The predicted octanol–water partition coefficient (Wildman–Crippen LogP) is 5.16. The molecule has 1 saturated carbocycles. The zero-order valence-corrected chi connectivity index (χ0v) is 16.9. The van der Waals surface area contributed by atoms with E-state index in [9.17, 15) is 9.59 Å². The van der Waals surface area contributed by atoms with Crippen LogP contribution in [0.5, 0.6) is 0 Å². The second-order valence-electron chi connectivity index (χ2n) is 8.18. The molecule has 2 unspecified atom stereocenters. The van der Waals surface area contributed by atoms with Crippen LogP contribution in [0.15, 0.2) is 42.5 Å². The van der Waals surface area contributed by atoms with Gasteiger partial charge in [0.25, 0.3) is 0 Å². The highest BCUT2D eigenvalue weighted by atomic mass is 35.5. The van der Waals surface area contributed by atoms with Crippen molar-refractivity contribution in [1.82, 2.24) is 0 Å². The monoisotopic (exact) mass is 384 g/mol. The highest BCUT2D eigenvalue weighted by molar-refractivity contribution is 6.31. The van der Waals surface area contributed by atoms with Crippen LogP contribution in [0, 0.1) is 18.8 Å². The van der Waals surface area contributed by atoms with E-state index in [1.165, 1.54) is 0 Å². The van der Waals surface area contributed by atoms with Gasteiger partial charge in [-0.3, -0.25) is 9.59 Å². The molecule has 2 amide bonds. The average molecular weight is 385 g/mol. The van der Waals surface area contributed by atoms with E-state index in [0.29, 0.717) is 17.1 Å². The van der Waals surface area contributed by atoms with Crippen molar-refractivity contribution < 1.29 is 9.59 Å². The van der Waals surface area contributed by atoms with Crippen molar-refractivity contribution in [2.75, 3.05) is 10.6 Å². The lowest BCUT2D eigenvalue weighted by Gasteiger charge is -2.23. The van der Waals surface area contributed by atoms with E-state index in [1.54, 1.807) is 12.1 Å². The van der Waals surface area contributed by atoms with Gasteiger partial charge in [0.05, 0.1) is 11.8 Å². The number of para-hydroxylation sites is 1. The normalized spacial score (nSPS) is 18.7. The fourth-order valence-corrected chi connectivity index (χ4v) is 3.37. The lowest BCUT2D eigenvalue weighted by molar-refractivity contribution is -0.122. The maximum Gasteiger partial charge on any atom is 0.228 e. The molecule has 27 heavy (non-hydrogen) atoms. The fraction of sp³-hybridized carbons (Fsp3) is 0.364. The number of hydrogen-bond acceptors (Lipinski definition) is 2. The van der Waals surface area contributed by atoms with Crippen LogP contribution in [0.25, 0.3) is 0 Å². The van der Waals surface area contributed by atoms with E-state index in [1.807, 2.05) is 37.3 Å². The third-order valence-corrected chi connectivity index (χ3v) is 5.15. The van der Waals surface area contributed by atoms with Crippen LogP contribution in [0.4, 0.5) is 11.4 Å². The van der Waals surface area contributed by atoms with E-state index in [4.69, 9.17) is 11.6 Å². The highest BCUT2D eigenvalue weighted by Crippen LogP contribution is 2.41. The first-order valence-corrected chi connectivity index (χ1v) is 9.52. The zero-order valence-electron chi connectivity index (χ0n) is 16.1. The number of nitrogens with one attached hydrogen (secondary N) is 2. The summed E-state index contributed by atoms with van der Waals surface area (Å²) in [5, 5.41) is 6.47. The summed E-state index contributed by atoms with van der Waals surface area (Å²) < 4.78 is 0. The molecule has 2 aromatic carbocycles. The molecule has 5 heteroatoms. The molecule has 0 radical (unpaired) electrons. The molecule has 2 atom stereocenters. The molecule has 0 spiro atoms. The molecule has 2 aromatic rings. The molecule has 1 fully saturated rings. The van der Waals surface area contributed by atoms with Crippen molar-refractivity contribution in [2.45, 2.75) is 39.5 Å². The molecule has 4 nitrogen and oxygen atoms in total. The van der Waals surface area contributed by atoms with E-state index >= 15 is 0 Å². The van der Waals surface area contributed by atoms with Crippen LogP contribution < -0.4 is 10.6 Å². The van der Waals surface area contributed by atoms with Crippen LogP contribution in [-0.2, 0) is 15.0 Å². The maximum atomic E-state index is 12.6. The standard InChI is InChI=1S/C22H25ClN2O2/c1-13-9-10-14(23)11-19(13)25-21(27)16-12-15(16)20(26)24-18-8-6-5-7-17(18)22(2,3)4/h5-11,15-16H,12H2,1-4H3,(H,24,26)(H,25,27). The summed E-state index contributed by atoms with van der Waals surface area (Å²) in [6.07, 6.45) is 0.564. The van der Waals surface area contributed by atoms with Crippen molar-refractivity contribution in [3.8, 4) is 0 Å². The van der Waals surface area contributed by atoms with Gasteiger partial charge in [-0.15, -0.1) is 0 Å². The molecule has 0 aromatic heterocycles. The van der Waals surface area contributed by atoms with Crippen LogP contribution in [0.3, 0.4) is 0 Å². The average Bonchev–Trinajstić information content (AvgIpc) is 3.38. The molecular weight excluding hydrogens is 360 g/mol. The first-order chi connectivity index (χ1) is 12.7. The van der Waals surface area contributed by atoms with Gasteiger partial charge in [-0.05, 0) is 48.1 Å². The van der Waals surface area contributed by atoms with Gasteiger partial charge in [-0.2, -0.15) is 0 Å². The Balaban J connectivity index is 1.64. The van der Waals surface area contributed by atoms with Gasteiger partial charge >= 0.3 is 0 Å². The van der Waals surface area contributed by atoms with E-state index in [-0.39, 0.29) is 29.1 Å². The molecule has 3 rings (SSSR count). The fourth-order valence-electron chi connectivity index (χ4n) is 3.20. The Bertz CT molecular complexity index is 886. The molecule has 2 N–H and O–H groups in total. The minimum Gasteiger partial charge on any atom is -0.326 e. The third kappa shape index (κ3) is 4.51. The summed E-state index contributed by atoms with van der Waals surface area (Å²) in [6.45, 7) is 8.24. The Morgan fingerprint density at radius 2 is 1.56 bits per heavy atom. The summed E-state index contributed by atoms with van der Waals surface area (Å²) >= 11 is 6.00. The van der Waals surface area contributed by atoms with Gasteiger partial charge < -0.3 is 10.6 Å². The number of hydrogen-bond donors (Lipinski definition) is 2. The van der Waals surface area contributed by atoms with Gasteiger partial charge in [-0.1, -0.05) is 56.6 Å². The lowest BCUT2D eigenvalue weighted by Crippen LogP contribution is -2.23. The van der Waals surface area contributed by atoms with Gasteiger partial charge in [0.1, 0.15) is 0 Å². The van der Waals surface area contributed by atoms with Gasteiger partial charge in [-0.25, -0.2) is 0 Å². The number of aryl methyl sites for hydroxylation is 1. The molecule has 0 aliphatic heterocycles. The zero-order chi connectivity index (χ0) is 19.8. The van der Waals surface area contributed by atoms with Crippen molar-refractivity contribution in [3.05, 3.63) is 58.6 Å². The first-order valence-electron chi connectivity index (χ1n) is 9.14. The molecule has 0 saturated heterocycles. The summed E-state index contributed by atoms with van der Waals surface area (Å²) in [5.74, 6) is -0.831. The minimum absolute atomic E-state index is 0.0751. The summed E-state index contributed by atoms with van der Waals surface area (Å²) in [6, 6.07) is 13.2. The lowest BCUT2D eigenvalue weighted by atomic mass is 9.86. The highest BCUT2D eigenvalue weighted by Gasteiger charge is 2.48. The van der Waals surface area contributed by atoms with Gasteiger partial charge in [0, 0.05) is 16.4 Å². The van der Waals surface area contributed by atoms with Gasteiger partial charge in [0.15, 0.2) is 0 Å². The molecule has 0 bridgehead atoms. The Kier molecular flexibility index (Phi) is 5.29. The SMILES string of the molecule is Cc1ccc(Cl)cc1NC(=O)C1CC1C(=O)Nc1ccccc1C(C)(C)C. The molecular formula is C22H25ClN2O2. The van der Waals surface area contributed by atoms with Crippen molar-refractivity contribution in [1.29, 1.82) is 0 Å². The Morgan fingerprint density at radius 3 is 2.19 bits per heavy atom. The molecule has 142 valence electrons. The second kappa shape index (κ2) is 7.35. The minimum atomic E-state index is -0.301. The van der Waals surface area contributed by atoms with Crippen LogP contribution in [-0.4, -0.2) is 11.8 Å². The Hall–Kier alpha value is -2.33. The van der Waals surface area contributed by atoms with Crippen LogP contribution in [0.1, 0.15) is 38.3 Å². The van der Waals surface area contributed by atoms with E-state index in [2.05, 4.69) is 31.4 Å². The number of halogens is 1. The van der Waals surface area contributed by atoms with Crippen molar-refractivity contribution >= 4 is 34.8 Å². The van der Waals surface area contributed by atoms with Crippen molar-refractivity contribution in [3.63, 3.8) is 0 Å². The summed E-state index contributed by atoms with van der Waals surface area (Å²) in [4.78, 5) is 25.1. The number of benzene rings is 2. The van der Waals surface area contributed by atoms with Crippen LogP contribution >= 0.6 is 11.6 Å². The quantitative estimate of drug-likeness (QED) is 0.764. The van der Waals surface area contributed by atoms with E-state index in [0.717, 1.165) is 16.8 Å². The Labute approximate surface area is 165 Å². The van der Waals surface area contributed by atoms with Crippen molar-refractivity contribution in [2.24, 2.45) is 11.8 Å². The van der Waals surface area contributed by atoms with Crippen LogP contribution in [0.2, 0.25) is 5.02 Å². The largest absolute Gasteiger partial charge is 0.326 e. The second-order valence-corrected chi connectivity index (χ2v) is 8.62. The number of carbonyl (C=O) groups excluding carboxylic acids is 2. The number of carbonyl (C=O) groups is 2. The van der Waals surface area contributed by atoms with E-state index < -0.39 is 0 Å². The topological polar surface area (TPSA) is 58.2 Å². The number of amides is 2.